The largest absolute Gasteiger partial charge is 0.504 e. The van der Waals surface area contributed by atoms with Crippen LogP contribution in [0.5, 0.6) is 11.5 Å². The van der Waals surface area contributed by atoms with E-state index in [0.29, 0.717) is 18.7 Å². The van der Waals surface area contributed by atoms with Crippen LogP contribution in [0.2, 0.25) is 0 Å². The minimum Gasteiger partial charge on any atom is -0.504 e. The Labute approximate surface area is 81.5 Å². The topological polar surface area (TPSA) is 58.6 Å². The van der Waals surface area contributed by atoms with E-state index in [2.05, 4.69) is 5.32 Å². The summed E-state index contributed by atoms with van der Waals surface area (Å²) >= 11 is 0. The molecular formula is C10H11NO3. The number of amides is 1. The molecule has 0 spiro atoms. The Kier molecular flexibility index (Phi) is 2.04. The number of ether oxygens (including phenoxy) is 1. The Bertz CT molecular complexity index is 387. The van der Waals surface area contributed by atoms with Crippen LogP contribution in [-0.4, -0.2) is 18.1 Å². The van der Waals surface area contributed by atoms with Gasteiger partial charge in [-0.2, -0.15) is 0 Å². The highest BCUT2D eigenvalue weighted by molar-refractivity contribution is 5.81. The molecule has 0 atom stereocenters. The van der Waals surface area contributed by atoms with Gasteiger partial charge in [-0.15, -0.1) is 0 Å². The zero-order valence-corrected chi connectivity index (χ0v) is 7.83. The standard InChI is InChI=1S/C10H11NO3/c1-14-8-3-2-6-4-9(12)11-5-7(6)10(8)13/h2-3,13H,4-5H2,1H3,(H,11,12). The van der Waals surface area contributed by atoms with Crippen molar-refractivity contribution in [1.29, 1.82) is 0 Å². The molecule has 0 bridgehead atoms. The van der Waals surface area contributed by atoms with Crippen molar-refractivity contribution < 1.29 is 14.6 Å². The van der Waals surface area contributed by atoms with Gasteiger partial charge in [-0.05, 0) is 11.6 Å². The highest BCUT2D eigenvalue weighted by atomic mass is 16.5. The van der Waals surface area contributed by atoms with Gasteiger partial charge >= 0.3 is 0 Å². The van der Waals surface area contributed by atoms with Gasteiger partial charge in [0, 0.05) is 12.1 Å². The summed E-state index contributed by atoms with van der Waals surface area (Å²) < 4.78 is 4.98. The van der Waals surface area contributed by atoms with Crippen LogP contribution in [0.4, 0.5) is 0 Å². The molecule has 74 valence electrons. The van der Waals surface area contributed by atoms with E-state index in [1.54, 1.807) is 6.07 Å². The first-order valence-corrected chi connectivity index (χ1v) is 4.37. The maximum atomic E-state index is 11.1. The zero-order chi connectivity index (χ0) is 10.1. The fourth-order valence-electron chi connectivity index (χ4n) is 1.61. The van der Waals surface area contributed by atoms with E-state index in [4.69, 9.17) is 4.74 Å². The highest BCUT2D eigenvalue weighted by Crippen LogP contribution is 2.33. The zero-order valence-electron chi connectivity index (χ0n) is 7.83. The Morgan fingerprint density at radius 3 is 3.00 bits per heavy atom. The quantitative estimate of drug-likeness (QED) is 0.685. The molecule has 0 fully saturated rings. The molecule has 4 heteroatoms. The number of aromatic hydroxyl groups is 1. The van der Waals surface area contributed by atoms with E-state index in [1.165, 1.54) is 7.11 Å². The molecule has 14 heavy (non-hydrogen) atoms. The number of carbonyl (C=O) groups excluding carboxylic acids is 1. The number of phenolic OH excluding ortho intramolecular Hbond substituents is 1. The van der Waals surface area contributed by atoms with Crippen molar-refractivity contribution in [2.45, 2.75) is 13.0 Å². The molecule has 0 saturated heterocycles. The molecule has 1 aliphatic rings. The van der Waals surface area contributed by atoms with E-state index in [-0.39, 0.29) is 11.7 Å². The average molecular weight is 193 g/mol. The second-order valence-electron chi connectivity index (χ2n) is 3.21. The van der Waals surface area contributed by atoms with Crippen LogP contribution >= 0.6 is 0 Å². The predicted octanol–water partition coefficient (Wildman–Crippen LogP) is 0.573. The molecule has 4 nitrogen and oxygen atoms in total. The van der Waals surface area contributed by atoms with Crippen LogP contribution in [0.15, 0.2) is 12.1 Å². The monoisotopic (exact) mass is 193 g/mol. The number of phenols is 1. The first-order chi connectivity index (χ1) is 6.72. The third-order valence-electron chi connectivity index (χ3n) is 2.38. The van der Waals surface area contributed by atoms with E-state index in [9.17, 15) is 9.90 Å². The van der Waals surface area contributed by atoms with E-state index < -0.39 is 0 Å². The molecule has 1 aromatic rings. The summed E-state index contributed by atoms with van der Waals surface area (Å²) in [5.74, 6) is 0.562. The molecular weight excluding hydrogens is 182 g/mol. The molecule has 0 aliphatic carbocycles. The normalized spacial score (nSPS) is 14.5. The van der Waals surface area contributed by atoms with Crippen LogP contribution in [-0.2, 0) is 17.8 Å². The van der Waals surface area contributed by atoms with Crippen molar-refractivity contribution in [2.75, 3.05) is 7.11 Å². The highest BCUT2D eigenvalue weighted by Gasteiger charge is 2.19. The van der Waals surface area contributed by atoms with Crippen molar-refractivity contribution in [2.24, 2.45) is 0 Å². The van der Waals surface area contributed by atoms with Gasteiger partial charge in [-0.25, -0.2) is 0 Å². The summed E-state index contributed by atoms with van der Waals surface area (Å²) in [6.45, 7) is 0.372. The number of fused-ring (bicyclic) bond motifs is 1. The van der Waals surface area contributed by atoms with Crippen LogP contribution in [0, 0.1) is 0 Å². The second-order valence-corrected chi connectivity index (χ2v) is 3.21. The van der Waals surface area contributed by atoms with Gasteiger partial charge in [-0.1, -0.05) is 6.07 Å². The lowest BCUT2D eigenvalue weighted by Gasteiger charge is -2.18. The van der Waals surface area contributed by atoms with Gasteiger partial charge in [0.1, 0.15) is 0 Å². The summed E-state index contributed by atoms with van der Waals surface area (Å²) in [6.07, 6.45) is 0.326. The lowest BCUT2D eigenvalue weighted by molar-refractivity contribution is -0.121. The summed E-state index contributed by atoms with van der Waals surface area (Å²) in [5, 5.41) is 12.4. The first kappa shape index (κ1) is 8.87. The van der Waals surface area contributed by atoms with Crippen molar-refractivity contribution in [1.82, 2.24) is 5.32 Å². The summed E-state index contributed by atoms with van der Waals surface area (Å²) in [4.78, 5) is 11.1. The van der Waals surface area contributed by atoms with E-state index in [1.807, 2.05) is 6.07 Å². The third-order valence-corrected chi connectivity index (χ3v) is 2.38. The maximum Gasteiger partial charge on any atom is 0.224 e. The summed E-state index contributed by atoms with van der Waals surface area (Å²) in [5.41, 5.74) is 1.62. The second kappa shape index (κ2) is 3.21. The Hall–Kier alpha value is -1.71. The van der Waals surface area contributed by atoms with Gasteiger partial charge in [0.25, 0.3) is 0 Å². The molecule has 1 amide bonds. The van der Waals surface area contributed by atoms with Gasteiger partial charge in [0.05, 0.1) is 13.5 Å². The van der Waals surface area contributed by atoms with Crippen molar-refractivity contribution in [3.63, 3.8) is 0 Å². The minimum absolute atomic E-state index is 0.0120. The fourth-order valence-corrected chi connectivity index (χ4v) is 1.61. The van der Waals surface area contributed by atoms with Crippen LogP contribution in [0.3, 0.4) is 0 Å². The van der Waals surface area contributed by atoms with Crippen molar-refractivity contribution in [3.8, 4) is 11.5 Å². The lowest BCUT2D eigenvalue weighted by Crippen LogP contribution is -2.30. The molecule has 1 aliphatic heterocycles. The number of hydrogen-bond donors (Lipinski definition) is 2. The Balaban J connectivity index is 2.48. The third kappa shape index (κ3) is 1.28. The molecule has 2 rings (SSSR count). The number of nitrogens with one attached hydrogen (secondary N) is 1. The fraction of sp³-hybridized carbons (Fsp3) is 0.300. The van der Waals surface area contributed by atoms with E-state index in [0.717, 1.165) is 11.1 Å². The number of benzene rings is 1. The molecule has 0 unspecified atom stereocenters. The van der Waals surface area contributed by atoms with Crippen LogP contribution in [0.1, 0.15) is 11.1 Å². The minimum atomic E-state index is -0.0120. The smallest absolute Gasteiger partial charge is 0.224 e. The van der Waals surface area contributed by atoms with Gasteiger partial charge in [0.2, 0.25) is 5.91 Å². The molecule has 0 saturated carbocycles. The molecule has 1 heterocycles. The van der Waals surface area contributed by atoms with Gasteiger partial charge in [0.15, 0.2) is 11.5 Å². The first-order valence-electron chi connectivity index (χ1n) is 4.37. The van der Waals surface area contributed by atoms with Crippen LogP contribution < -0.4 is 10.1 Å². The predicted molar refractivity (Wildman–Crippen MR) is 50.2 cm³/mol. The molecule has 1 aromatic carbocycles. The maximum absolute atomic E-state index is 11.1. The summed E-state index contributed by atoms with van der Waals surface area (Å²) in [6, 6.07) is 3.49. The van der Waals surface area contributed by atoms with Gasteiger partial charge < -0.3 is 15.2 Å². The number of hydrogen-bond acceptors (Lipinski definition) is 3. The SMILES string of the molecule is COc1ccc2c(c1O)CNC(=O)C2. The average Bonchev–Trinajstić information content (AvgIpc) is 2.18. The van der Waals surface area contributed by atoms with E-state index >= 15 is 0 Å². The molecule has 0 radical (unpaired) electrons. The Morgan fingerprint density at radius 1 is 1.50 bits per heavy atom. The number of methoxy groups -OCH3 is 1. The summed E-state index contributed by atoms with van der Waals surface area (Å²) in [7, 11) is 1.50. The van der Waals surface area contributed by atoms with Gasteiger partial charge in [-0.3, -0.25) is 4.79 Å². The van der Waals surface area contributed by atoms with Crippen molar-refractivity contribution >= 4 is 5.91 Å². The molecule has 2 N–H and O–H groups in total. The van der Waals surface area contributed by atoms with Crippen LogP contribution in [0.25, 0.3) is 0 Å². The molecule has 0 aromatic heterocycles. The number of carbonyl (C=O) groups is 1. The lowest BCUT2D eigenvalue weighted by atomic mass is 9.99. The van der Waals surface area contributed by atoms with Crippen molar-refractivity contribution in [3.05, 3.63) is 23.3 Å². The Morgan fingerprint density at radius 2 is 2.29 bits per heavy atom. The number of rotatable bonds is 1.